The molecular formula is C11H13N3OS. The van der Waals surface area contributed by atoms with Crippen LogP contribution in [0, 0.1) is 0 Å². The van der Waals surface area contributed by atoms with Gasteiger partial charge in [-0.15, -0.1) is 21.5 Å². The van der Waals surface area contributed by atoms with Gasteiger partial charge in [-0.25, -0.2) is 0 Å². The van der Waals surface area contributed by atoms with Crippen LogP contribution in [0.4, 0.5) is 0 Å². The number of aromatic nitrogens is 2. The number of nitrogens with zero attached hydrogens (tertiary/aromatic N) is 2. The number of hydrogen-bond acceptors (Lipinski definition) is 5. The third kappa shape index (κ3) is 1.56. The van der Waals surface area contributed by atoms with Crippen LogP contribution < -0.4 is 5.73 Å². The fourth-order valence-corrected chi connectivity index (χ4v) is 3.22. The molecule has 3 rings (SSSR count). The van der Waals surface area contributed by atoms with Crippen LogP contribution in [0.5, 0.6) is 0 Å². The molecule has 5 heteroatoms. The van der Waals surface area contributed by atoms with Crippen LogP contribution in [0.2, 0.25) is 0 Å². The first-order valence-corrected chi connectivity index (χ1v) is 6.35. The topological polar surface area (TPSA) is 64.9 Å². The van der Waals surface area contributed by atoms with Crippen LogP contribution in [0.3, 0.4) is 0 Å². The molecule has 1 aliphatic rings. The molecule has 2 aromatic heterocycles. The highest BCUT2D eigenvalue weighted by Crippen LogP contribution is 2.38. The summed E-state index contributed by atoms with van der Waals surface area (Å²) >= 11 is 1.82. The van der Waals surface area contributed by atoms with E-state index in [4.69, 9.17) is 10.2 Å². The van der Waals surface area contributed by atoms with Crippen molar-refractivity contribution in [2.24, 2.45) is 5.73 Å². The zero-order valence-electron chi connectivity index (χ0n) is 8.85. The van der Waals surface area contributed by atoms with Crippen LogP contribution >= 0.6 is 11.3 Å². The summed E-state index contributed by atoms with van der Waals surface area (Å²) in [5, 5.41) is 10.2. The van der Waals surface area contributed by atoms with Gasteiger partial charge >= 0.3 is 0 Å². The molecule has 1 aliphatic carbocycles. The highest BCUT2D eigenvalue weighted by Gasteiger charge is 2.26. The quantitative estimate of drug-likeness (QED) is 0.865. The molecule has 2 N–H and O–H groups in total. The second-order valence-electron chi connectivity index (χ2n) is 3.98. The molecule has 0 amide bonds. The molecule has 0 aromatic carbocycles. The summed E-state index contributed by atoms with van der Waals surface area (Å²) in [6.07, 6.45) is 3.47. The summed E-state index contributed by atoms with van der Waals surface area (Å²) in [5.74, 6) is 1.53. The maximum absolute atomic E-state index is 5.56. The Morgan fingerprint density at radius 2 is 2.44 bits per heavy atom. The summed E-state index contributed by atoms with van der Waals surface area (Å²) in [6.45, 7) is 0.316. The molecule has 1 atom stereocenters. The second kappa shape index (κ2) is 3.99. The molecule has 0 saturated heterocycles. The smallest absolute Gasteiger partial charge is 0.230 e. The average Bonchev–Trinajstić information content (AvgIpc) is 2.97. The van der Waals surface area contributed by atoms with Gasteiger partial charge < -0.3 is 10.2 Å². The highest BCUT2D eigenvalue weighted by atomic mass is 32.1. The van der Waals surface area contributed by atoms with E-state index in [1.165, 1.54) is 23.3 Å². The van der Waals surface area contributed by atoms with Crippen molar-refractivity contribution in [3.8, 4) is 0 Å². The first-order chi connectivity index (χ1) is 7.88. The van der Waals surface area contributed by atoms with E-state index in [2.05, 4.69) is 21.6 Å². The van der Waals surface area contributed by atoms with Gasteiger partial charge in [0.15, 0.2) is 0 Å². The molecular weight excluding hydrogens is 222 g/mol. The number of nitrogens with two attached hydrogens (primary N) is 1. The standard InChI is InChI=1S/C11H13N3OS/c12-6-10-13-14-11(15-10)8-2-1-3-9-7(8)4-5-16-9/h4-5,8H,1-3,6,12H2. The Balaban J connectivity index is 1.97. The predicted octanol–water partition coefficient (Wildman–Crippen LogP) is 2.06. The SMILES string of the molecule is NCc1nnc(C2CCCc3sccc32)o1. The van der Waals surface area contributed by atoms with Gasteiger partial charge in [-0.3, -0.25) is 0 Å². The van der Waals surface area contributed by atoms with E-state index in [1.807, 2.05) is 11.3 Å². The third-order valence-corrected chi connectivity index (χ3v) is 4.00. The van der Waals surface area contributed by atoms with Crippen LogP contribution in [0.15, 0.2) is 15.9 Å². The Morgan fingerprint density at radius 1 is 1.50 bits per heavy atom. The van der Waals surface area contributed by atoms with Gasteiger partial charge in [0.2, 0.25) is 11.8 Å². The Hall–Kier alpha value is -1.20. The van der Waals surface area contributed by atoms with Crippen LogP contribution in [-0.2, 0) is 13.0 Å². The number of rotatable bonds is 2. The van der Waals surface area contributed by atoms with Crippen molar-refractivity contribution in [1.82, 2.24) is 10.2 Å². The molecule has 0 aliphatic heterocycles. The summed E-state index contributed by atoms with van der Waals surface area (Å²) in [6, 6.07) is 2.18. The minimum Gasteiger partial charge on any atom is -0.423 e. The zero-order chi connectivity index (χ0) is 11.0. The predicted molar refractivity (Wildman–Crippen MR) is 61.3 cm³/mol. The molecule has 0 spiro atoms. The zero-order valence-corrected chi connectivity index (χ0v) is 9.67. The molecule has 0 fully saturated rings. The Kier molecular flexibility index (Phi) is 2.49. The number of aryl methyl sites for hydroxylation is 1. The lowest BCUT2D eigenvalue weighted by Gasteiger charge is -2.18. The molecule has 0 radical (unpaired) electrons. The summed E-state index contributed by atoms with van der Waals surface area (Å²) < 4.78 is 5.56. The maximum Gasteiger partial charge on any atom is 0.230 e. The van der Waals surface area contributed by atoms with E-state index < -0.39 is 0 Å². The lowest BCUT2D eigenvalue weighted by atomic mass is 9.88. The fourth-order valence-electron chi connectivity index (χ4n) is 2.23. The lowest BCUT2D eigenvalue weighted by molar-refractivity contribution is 0.416. The molecule has 2 heterocycles. The lowest BCUT2D eigenvalue weighted by Crippen LogP contribution is -2.08. The van der Waals surface area contributed by atoms with Crippen LogP contribution in [0.1, 0.15) is 41.0 Å². The molecule has 1 unspecified atom stereocenters. The maximum atomic E-state index is 5.56. The fraction of sp³-hybridized carbons (Fsp3) is 0.455. The third-order valence-electron chi connectivity index (χ3n) is 3.01. The first-order valence-electron chi connectivity index (χ1n) is 5.47. The molecule has 4 nitrogen and oxygen atoms in total. The van der Waals surface area contributed by atoms with Crippen molar-refractivity contribution in [3.05, 3.63) is 33.7 Å². The summed E-state index contributed by atoms with van der Waals surface area (Å²) in [7, 11) is 0. The van der Waals surface area contributed by atoms with Crippen LogP contribution in [-0.4, -0.2) is 10.2 Å². The number of fused-ring (bicyclic) bond motifs is 1. The molecule has 2 aromatic rings. The van der Waals surface area contributed by atoms with E-state index in [1.54, 1.807) is 0 Å². The van der Waals surface area contributed by atoms with Gasteiger partial charge in [-0.2, -0.15) is 0 Å². The monoisotopic (exact) mass is 235 g/mol. The number of hydrogen-bond donors (Lipinski definition) is 1. The van der Waals surface area contributed by atoms with Crippen molar-refractivity contribution in [1.29, 1.82) is 0 Å². The highest BCUT2D eigenvalue weighted by molar-refractivity contribution is 7.10. The normalized spacial score (nSPS) is 19.7. The van der Waals surface area contributed by atoms with Crippen LogP contribution in [0.25, 0.3) is 0 Å². The van der Waals surface area contributed by atoms with E-state index in [0.717, 1.165) is 12.3 Å². The van der Waals surface area contributed by atoms with E-state index >= 15 is 0 Å². The van der Waals surface area contributed by atoms with Gasteiger partial charge in [-0.1, -0.05) is 0 Å². The van der Waals surface area contributed by atoms with Crippen molar-refractivity contribution in [2.45, 2.75) is 31.7 Å². The second-order valence-corrected chi connectivity index (χ2v) is 4.98. The van der Waals surface area contributed by atoms with Gasteiger partial charge in [0.1, 0.15) is 0 Å². The van der Waals surface area contributed by atoms with Crippen molar-refractivity contribution in [2.75, 3.05) is 0 Å². The average molecular weight is 235 g/mol. The minimum atomic E-state index is 0.280. The summed E-state index contributed by atoms with van der Waals surface area (Å²) in [4.78, 5) is 1.46. The Bertz CT molecular complexity index is 491. The molecule has 16 heavy (non-hydrogen) atoms. The van der Waals surface area contributed by atoms with E-state index in [0.29, 0.717) is 12.4 Å². The van der Waals surface area contributed by atoms with E-state index in [-0.39, 0.29) is 5.92 Å². The van der Waals surface area contributed by atoms with Crippen molar-refractivity contribution in [3.63, 3.8) is 0 Å². The van der Waals surface area contributed by atoms with Crippen molar-refractivity contribution >= 4 is 11.3 Å². The van der Waals surface area contributed by atoms with E-state index in [9.17, 15) is 0 Å². The van der Waals surface area contributed by atoms with Crippen molar-refractivity contribution < 1.29 is 4.42 Å². The molecule has 84 valence electrons. The first kappa shape index (κ1) is 9.99. The Labute approximate surface area is 97.5 Å². The summed E-state index contributed by atoms with van der Waals surface area (Å²) in [5.41, 5.74) is 6.84. The molecule has 0 bridgehead atoms. The number of thiophene rings is 1. The largest absolute Gasteiger partial charge is 0.423 e. The van der Waals surface area contributed by atoms with Gasteiger partial charge in [-0.05, 0) is 36.3 Å². The van der Waals surface area contributed by atoms with Gasteiger partial charge in [0.25, 0.3) is 0 Å². The van der Waals surface area contributed by atoms with Gasteiger partial charge in [0.05, 0.1) is 12.5 Å². The molecule has 0 saturated carbocycles. The minimum absolute atomic E-state index is 0.280. The Morgan fingerprint density at radius 3 is 3.25 bits per heavy atom. The van der Waals surface area contributed by atoms with Gasteiger partial charge in [0, 0.05) is 4.88 Å².